The Morgan fingerprint density at radius 2 is 2.10 bits per heavy atom. The molecule has 0 spiro atoms. The van der Waals surface area contributed by atoms with E-state index in [0.29, 0.717) is 12.0 Å². The topological polar surface area (TPSA) is 24.5 Å². The summed E-state index contributed by atoms with van der Waals surface area (Å²) in [6.45, 7) is 7.53. The Bertz CT molecular complexity index is 423. The van der Waals surface area contributed by atoms with Crippen LogP contribution in [0.2, 0.25) is 0 Å². The van der Waals surface area contributed by atoms with Gasteiger partial charge in [0.1, 0.15) is 0 Å². The predicted octanol–water partition coefficient (Wildman–Crippen LogP) is 2.80. The highest BCUT2D eigenvalue weighted by Crippen LogP contribution is 2.25. The molecule has 2 atom stereocenters. The van der Waals surface area contributed by atoms with E-state index in [4.69, 9.17) is 4.74 Å². The Kier molecular flexibility index (Phi) is 4.58. The zero-order chi connectivity index (χ0) is 13.8. The van der Waals surface area contributed by atoms with E-state index in [9.17, 15) is 0 Å². The minimum Gasteiger partial charge on any atom is -0.381 e. The van der Waals surface area contributed by atoms with Crippen LogP contribution in [0, 0.1) is 5.92 Å². The van der Waals surface area contributed by atoms with Crippen molar-refractivity contribution in [3.8, 4) is 0 Å². The summed E-state index contributed by atoms with van der Waals surface area (Å²) in [6.07, 6.45) is 3.86. The Morgan fingerprint density at radius 1 is 1.30 bits per heavy atom. The molecule has 110 valence electrons. The summed E-state index contributed by atoms with van der Waals surface area (Å²) in [5.74, 6) is 0.675. The van der Waals surface area contributed by atoms with Gasteiger partial charge in [-0.15, -0.1) is 0 Å². The molecule has 3 rings (SSSR count). The lowest BCUT2D eigenvalue weighted by atomic mass is 10.0. The van der Waals surface area contributed by atoms with Crippen LogP contribution in [0.1, 0.15) is 31.7 Å². The third-order valence-electron chi connectivity index (χ3n) is 4.72. The molecule has 0 aliphatic carbocycles. The average molecular weight is 274 g/mol. The molecular formula is C17H26N2O. The first-order valence-electron chi connectivity index (χ1n) is 7.98. The van der Waals surface area contributed by atoms with Crippen LogP contribution in [0.5, 0.6) is 0 Å². The molecule has 0 saturated carbocycles. The third kappa shape index (κ3) is 3.15. The van der Waals surface area contributed by atoms with Gasteiger partial charge in [0.25, 0.3) is 0 Å². The van der Waals surface area contributed by atoms with Crippen molar-refractivity contribution in [1.29, 1.82) is 0 Å². The Balaban J connectivity index is 1.61. The second kappa shape index (κ2) is 6.59. The highest BCUT2D eigenvalue weighted by Gasteiger charge is 2.22. The fraction of sp³-hybridized carbons (Fsp3) is 0.647. The van der Waals surface area contributed by atoms with Gasteiger partial charge in [-0.3, -0.25) is 0 Å². The van der Waals surface area contributed by atoms with Crippen molar-refractivity contribution in [3.05, 3.63) is 29.8 Å². The fourth-order valence-corrected chi connectivity index (χ4v) is 3.31. The number of rotatable bonds is 5. The van der Waals surface area contributed by atoms with E-state index in [1.54, 1.807) is 0 Å². The van der Waals surface area contributed by atoms with Crippen LogP contribution in [0.25, 0.3) is 0 Å². The zero-order valence-electron chi connectivity index (χ0n) is 12.5. The van der Waals surface area contributed by atoms with E-state index in [0.717, 1.165) is 19.8 Å². The lowest BCUT2D eigenvalue weighted by Crippen LogP contribution is -2.34. The van der Waals surface area contributed by atoms with Crippen LogP contribution in [0.4, 0.5) is 5.69 Å². The van der Waals surface area contributed by atoms with Crippen molar-refractivity contribution >= 4 is 5.69 Å². The molecule has 20 heavy (non-hydrogen) atoms. The molecular weight excluding hydrogens is 248 g/mol. The van der Waals surface area contributed by atoms with Crippen LogP contribution in [-0.4, -0.2) is 32.3 Å². The standard InChI is InChI=1S/C17H26N2O/c1-14(16-8-11-20-13-16)18-12-15-6-2-3-7-17(15)19-9-4-5-10-19/h2-3,6-7,14,16,18H,4-5,8-13H2,1H3. The molecule has 2 aliphatic heterocycles. The highest BCUT2D eigenvalue weighted by molar-refractivity contribution is 5.54. The Morgan fingerprint density at radius 3 is 2.85 bits per heavy atom. The Hall–Kier alpha value is -1.06. The molecule has 1 N–H and O–H groups in total. The molecule has 2 heterocycles. The summed E-state index contributed by atoms with van der Waals surface area (Å²) < 4.78 is 5.49. The third-order valence-corrected chi connectivity index (χ3v) is 4.72. The van der Waals surface area contributed by atoms with Crippen molar-refractivity contribution in [2.45, 2.75) is 38.8 Å². The SMILES string of the molecule is CC(NCc1ccccc1N1CCCC1)C1CCOC1. The maximum Gasteiger partial charge on any atom is 0.0509 e. The monoisotopic (exact) mass is 274 g/mol. The summed E-state index contributed by atoms with van der Waals surface area (Å²) >= 11 is 0. The summed E-state index contributed by atoms with van der Waals surface area (Å²) in [5, 5.41) is 3.70. The fourth-order valence-electron chi connectivity index (χ4n) is 3.31. The molecule has 3 nitrogen and oxygen atoms in total. The molecule has 1 aromatic carbocycles. The molecule has 0 aromatic heterocycles. The average Bonchev–Trinajstić information content (AvgIpc) is 3.17. The molecule has 0 radical (unpaired) electrons. The van der Waals surface area contributed by atoms with Gasteiger partial charge >= 0.3 is 0 Å². The van der Waals surface area contributed by atoms with Crippen molar-refractivity contribution < 1.29 is 4.74 Å². The van der Waals surface area contributed by atoms with Crippen molar-refractivity contribution in [1.82, 2.24) is 5.32 Å². The summed E-state index contributed by atoms with van der Waals surface area (Å²) in [4.78, 5) is 2.53. The second-order valence-corrected chi connectivity index (χ2v) is 6.12. The van der Waals surface area contributed by atoms with Crippen molar-refractivity contribution in [2.75, 3.05) is 31.2 Å². The second-order valence-electron chi connectivity index (χ2n) is 6.12. The molecule has 2 unspecified atom stereocenters. The number of benzene rings is 1. The summed E-state index contributed by atoms with van der Waals surface area (Å²) in [7, 11) is 0. The molecule has 1 aromatic rings. The van der Waals surface area contributed by atoms with Crippen LogP contribution >= 0.6 is 0 Å². The molecule has 2 aliphatic rings. The predicted molar refractivity (Wildman–Crippen MR) is 83.1 cm³/mol. The minimum absolute atomic E-state index is 0.532. The van der Waals surface area contributed by atoms with Gasteiger partial charge in [-0.25, -0.2) is 0 Å². The number of anilines is 1. The number of para-hydroxylation sites is 1. The van der Waals surface area contributed by atoms with E-state index >= 15 is 0 Å². The van der Waals surface area contributed by atoms with Gasteiger partial charge in [0.15, 0.2) is 0 Å². The summed E-state index contributed by atoms with van der Waals surface area (Å²) in [5.41, 5.74) is 2.85. The molecule has 2 saturated heterocycles. The first-order valence-corrected chi connectivity index (χ1v) is 7.98. The van der Waals surface area contributed by atoms with Gasteiger partial charge in [0.05, 0.1) is 6.61 Å². The number of nitrogens with zero attached hydrogens (tertiary/aromatic N) is 1. The van der Waals surface area contributed by atoms with Gasteiger partial charge in [-0.05, 0) is 43.7 Å². The normalized spacial score (nSPS) is 24.2. The Labute approximate surface area is 122 Å². The lowest BCUT2D eigenvalue weighted by molar-refractivity contribution is 0.178. The smallest absolute Gasteiger partial charge is 0.0509 e. The van der Waals surface area contributed by atoms with E-state index in [1.165, 1.54) is 43.6 Å². The quantitative estimate of drug-likeness (QED) is 0.893. The summed E-state index contributed by atoms with van der Waals surface area (Å²) in [6, 6.07) is 9.37. The van der Waals surface area contributed by atoms with Crippen LogP contribution in [0.15, 0.2) is 24.3 Å². The molecule has 0 amide bonds. The van der Waals surface area contributed by atoms with E-state index in [2.05, 4.69) is 41.4 Å². The minimum atomic E-state index is 0.532. The number of hydrogen-bond donors (Lipinski definition) is 1. The lowest BCUT2D eigenvalue weighted by Gasteiger charge is -2.24. The van der Waals surface area contributed by atoms with Gasteiger partial charge < -0.3 is 15.0 Å². The zero-order valence-corrected chi connectivity index (χ0v) is 12.5. The molecule has 2 fully saturated rings. The van der Waals surface area contributed by atoms with Crippen molar-refractivity contribution in [3.63, 3.8) is 0 Å². The van der Waals surface area contributed by atoms with Crippen LogP contribution < -0.4 is 10.2 Å². The first kappa shape index (κ1) is 13.9. The van der Waals surface area contributed by atoms with Gasteiger partial charge in [0.2, 0.25) is 0 Å². The van der Waals surface area contributed by atoms with E-state index < -0.39 is 0 Å². The number of nitrogens with one attached hydrogen (secondary N) is 1. The first-order chi connectivity index (χ1) is 9.84. The van der Waals surface area contributed by atoms with Gasteiger partial charge in [-0.1, -0.05) is 18.2 Å². The number of ether oxygens (including phenoxy) is 1. The van der Waals surface area contributed by atoms with E-state index in [1.807, 2.05) is 0 Å². The molecule has 0 bridgehead atoms. The number of hydrogen-bond acceptors (Lipinski definition) is 3. The maximum absolute atomic E-state index is 5.49. The molecule has 3 heteroatoms. The van der Waals surface area contributed by atoms with Crippen LogP contribution in [0.3, 0.4) is 0 Å². The van der Waals surface area contributed by atoms with Crippen LogP contribution in [-0.2, 0) is 11.3 Å². The maximum atomic E-state index is 5.49. The van der Waals surface area contributed by atoms with E-state index in [-0.39, 0.29) is 0 Å². The van der Waals surface area contributed by atoms with Gasteiger partial charge in [0, 0.05) is 38.0 Å². The van der Waals surface area contributed by atoms with Gasteiger partial charge in [-0.2, -0.15) is 0 Å². The van der Waals surface area contributed by atoms with Crippen molar-refractivity contribution in [2.24, 2.45) is 5.92 Å². The highest BCUT2D eigenvalue weighted by atomic mass is 16.5. The largest absolute Gasteiger partial charge is 0.381 e.